The molecule has 2 aliphatic rings. The third-order valence-electron chi connectivity index (χ3n) is 6.71. The Labute approximate surface area is 202 Å². The average Bonchev–Trinajstić information content (AvgIpc) is 3.34. The van der Waals surface area contributed by atoms with Gasteiger partial charge in [-0.25, -0.2) is 14.4 Å². The number of nitrogens with zero attached hydrogens (tertiary/aromatic N) is 3. The molecule has 6 nitrogen and oxygen atoms in total. The largest absolute Gasteiger partial charge is 0.493 e. The summed E-state index contributed by atoms with van der Waals surface area (Å²) in [6.45, 7) is 3.03. The lowest BCUT2D eigenvalue weighted by Crippen LogP contribution is -2.18. The van der Waals surface area contributed by atoms with Crippen LogP contribution < -0.4 is 14.8 Å². The van der Waals surface area contributed by atoms with Crippen molar-refractivity contribution < 1.29 is 13.9 Å². The van der Waals surface area contributed by atoms with Gasteiger partial charge in [0, 0.05) is 24.5 Å². The zero-order valence-electron chi connectivity index (χ0n) is 18.4. The van der Waals surface area contributed by atoms with E-state index in [0.29, 0.717) is 40.7 Å². The lowest BCUT2D eigenvalue weighted by atomic mass is 10.0. The zero-order chi connectivity index (χ0) is 23.1. The molecule has 1 saturated carbocycles. The van der Waals surface area contributed by atoms with Crippen LogP contribution in [0.3, 0.4) is 0 Å². The summed E-state index contributed by atoms with van der Waals surface area (Å²) in [5, 5.41) is 3.66. The van der Waals surface area contributed by atoms with Crippen LogP contribution in [-0.4, -0.2) is 48.7 Å². The maximum absolute atomic E-state index is 14.5. The zero-order valence-corrected chi connectivity index (χ0v) is 20.0. The number of fused-ring (bicyclic) bond motifs is 2. The molecule has 3 atom stereocenters. The van der Waals surface area contributed by atoms with Gasteiger partial charge in [-0.15, -0.1) is 0 Å². The normalized spacial score (nSPS) is 22.5. The number of nitrogens with one attached hydrogen (secondary N) is 1. The molecule has 0 amide bonds. The Kier molecular flexibility index (Phi) is 6.20. The second-order valence-electron chi connectivity index (χ2n) is 8.98. The van der Waals surface area contributed by atoms with E-state index in [4.69, 9.17) is 32.7 Å². The van der Waals surface area contributed by atoms with Crippen LogP contribution in [-0.2, 0) is 0 Å². The Balaban J connectivity index is 1.37. The molecular formula is C24H25Cl2FN4O2. The van der Waals surface area contributed by atoms with Crippen LogP contribution in [0.1, 0.15) is 12.8 Å². The van der Waals surface area contributed by atoms with Gasteiger partial charge in [-0.1, -0.05) is 23.2 Å². The molecule has 1 aromatic heterocycles. The molecule has 9 heteroatoms. The monoisotopic (exact) mass is 490 g/mol. The molecule has 1 unspecified atom stereocenters. The highest BCUT2D eigenvalue weighted by Gasteiger charge is 2.39. The van der Waals surface area contributed by atoms with Crippen molar-refractivity contribution in [3.8, 4) is 11.5 Å². The van der Waals surface area contributed by atoms with E-state index in [1.807, 2.05) is 6.07 Å². The second kappa shape index (κ2) is 9.12. The summed E-state index contributed by atoms with van der Waals surface area (Å²) in [6.07, 6.45) is 3.83. The van der Waals surface area contributed by atoms with Crippen molar-refractivity contribution in [2.24, 2.45) is 17.8 Å². The fourth-order valence-electron chi connectivity index (χ4n) is 5.19. The minimum Gasteiger partial charge on any atom is -0.493 e. The van der Waals surface area contributed by atoms with E-state index in [-0.39, 0.29) is 15.7 Å². The number of rotatable bonds is 6. The molecule has 2 fully saturated rings. The summed E-state index contributed by atoms with van der Waals surface area (Å²) in [7, 11) is 3.80. The Morgan fingerprint density at radius 2 is 1.88 bits per heavy atom. The fraction of sp³-hybridized carbons (Fsp3) is 0.417. The maximum atomic E-state index is 14.5. The summed E-state index contributed by atoms with van der Waals surface area (Å²) in [5.74, 6) is 3.12. The number of halogens is 3. The molecule has 0 spiro atoms. The molecule has 0 radical (unpaired) electrons. The number of benzene rings is 2. The Morgan fingerprint density at radius 1 is 1.12 bits per heavy atom. The predicted molar refractivity (Wildman–Crippen MR) is 128 cm³/mol. The second-order valence-corrected chi connectivity index (χ2v) is 9.77. The van der Waals surface area contributed by atoms with Gasteiger partial charge in [0.2, 0.25) is 0 Å². The third-order valence-corrected chi connectivity index (χ3v) is 7.50. The molecule has 1 saturated heterocycles. The van der Waals surface area contributed by atoms with E-state index in [0.717, 1.165) is 11.8 Å². The summed E-state index contributed by atoms with van der Waals surface area (Å²) >= 11 is 11.8. The quantitative estimate of drug-likeness (QED) is 0.441. The Hall–Kier alpha value is -2.35. The summed E-state index contributed by atoms with van der Waals surface area (Å²) in [4.78, 5) is 11.1. The van der Waals surface area contributed by atoms with Gasteiger partial charge in [0.05, 0.1) is 35.0 Å². The minimum absolute atomic E-state index is 0.143. The van der Waals surface area contributed by atoms with Crippen LogP contribution in [0, 0.1) is 23.6 Å². The van der Waals surface area contributed by atoms with E-state index in [1.54, 1.807) is 13.2 Å². The highest BCUT2D eigenvalue weighted by Crippen LogP contribution is 2.42. The van der Waals surface area contributed by atoms with Crippen LogP contribution >= 0.6 is 23.2 Å². The number of hydrogen-bond donors (Lipinski definition) is 1. The highest BCUT2D eigenvalue weighted by molar-refractivity contribution is 6.42. The highest BCUT2D eigenvalue weighted by atomic mass is 35.5. The van der Waals surface area contributed by atoms with Crippen LogP contribution in [0.25, 0.3) is 10.9 Å². The Bertz CT molecular complexity index is 1180. The van der Waals surface area contributed by atoms with Crippen LogP contribution in [0.15, 0.2) is 30.6 Å². The van der Waals surface area contributed by atoms with E-state index < -0.39 is 5.82 Å². The van der Waals surface area contributed by atoms with Gasteiger partial charge in [0.15, 0.2) is 17.3 Å². The number of anilines is 2. The molecule has 1 aliphatic carbocycles. The van der Waals surface area contributed by atoms with Gasteiger partial charge in [-0.3, -0.25) is 0 Å². The molecular weight excluding hydrogens is 466 g/mol. The number of aromatic nitrogens is 2. The maximum Gasteiger partial charge on any atom is 0.166 e. The topological polar surface area (TPSA) is 59.5 Å². The SMILES string of the molecule is COc1cc2c(Nc3ccc(Cl)c(Cl)c3F)ncnc2cc1OCC1C[C@@H]2CN(C)C[C@@H]2C1. The van der Waals surface area contributed by atoms with Crippen LogP contribution in [0.2, 0.25) is 10.0 Å². The summed E-state index contributed by atoms with van der Waals surface area (Å²) in [5.41, 5.74) is 0.829. The standard InChI is InChI=1S/C24H25Cl2FN4O2/c1-31-9-14-5-13(6-15(14)10-31)11-33-21-8-19-16(7-20(21)32-2)24(29-12-28-19)30-18-4-3-17(25)22(26)23(18)27/h3-4,7-8,12-15H,5-6,9-11H2,1-2H3,(H,28,29,30)/t13?,14-,15+. The number of ether oxygens (including phenoxy) is 2. The van der Waals surface area contributed by atoms with E-state index in [1.165, 1.54) is 44.4 Å². The number of likely N-dealkylation sites (tertiary alicyclic amines) is 1. The van der Waals surface area contributed by atoms with Gasteiger partial charge < -0.3 is 19.7 Å². The third kappa shape index (κ3) is 4.42. The first-order valence-electron chi connectivity index (χ1n) is 11.0. The van der Waals surface area contributed by atoms with E-state index in [2.05, 4.69) is 27.2 Å². The van der Waals surface area contributed by atoms with Crippen molar-refractivity contribution >= 4 is 45.6 Å². The predicted octanol–water partition coefficient (Wildman–Crippen LogP) is 5.79. The van der Waals surface area contributed by atoms with E-state index in [9.17, 15) is 4.39 Å². The number of hydrogen-bond acceptors (Lipinski definition) is 6. The molecule has 1 aliphatic heterocycles. The lowest BCUT2D eigenvalue weighted by molar-refractivity contribution is 0.227. The molecule has 1 N–H and O–H groups in total. The van der Waals surface area contributed by atoms with Crippen molar-refractivity contribution in [3.63, 3.8) is 0 Å². The fourth-order valence-corrected chi connectivity index (χ4v) is 5.50. The van der Waals surface area contributed by atoms with Crippen molar-refractivity contribution in [3.05, 3.63) is 46.5 Å². The molecule has 5 rings (SSSR count). The van der Waals surface area contributed by atoms with Crippen molar-refractivity contribution in [2.75, 3.05) is 39.2 Å². The van der Waals surface area contributed by atoms with Crippen molar-refractivity contribution in [2.45, 2.75) is 12.8 Å². The van der Waals surface area contributed by atoms with Crippen molar-refractivity contribution in [1.82, 2.24) is 14.9 Å². The molecule has 174 valence electrons. The molecule has 2 heterocycles. The Morgan fingerprint density at radius 3 is 2.61 bits per heavy atom. The first-order valence-corrected chi connectivity index (χ1v) is 11.7. The average molecular weight is 491 g/mol. The summed E-state index contributed by atoms with van der Waals surface area (Å²) < 4.78 is 26.3. The van der Waals surface area contributed by atoms with Crippen LogP contribution in [0.5, 0.6) is 11.5 Å². The van der Waals surface area contributed by atoms with Crippen molar-refractivity contribution in [1.29, 1.82) is 0 Å². The molecule has 3 aromatic rings. The summed E-state index contributed by atoms with van der Waals surface area (Å²) in [6, 6.07) is 6.69. The van der Waals surface area contributed by atoms with Gasteiger partial charge in [-0.2, -0.15) is 0 Å². The van der Waals surface area contributed by atoms with Gasteiger partial charge >= 0.3 is 0 Å². The van der Waals surface area contributed by atoms with Gasteiger partial charge in [0.1, 0.15) is 12.1 Å². The molecule has 33 heavy (non-hydrogen) atoms. The first-order chi connectivity index (χ1) is 15.9. The minimum atomic E-state index is -0.643. The molecule has 2 aromatic carbocycles. The van der Waals surface area contributed by atoms with E-state index >= 15 is 0 Å². The molecule has 0 bridgehead atoms. The smallest absolute Gasteiger partial charge is 0.166 e. The number of methoxy groups -OCH3 is 1. The van der Waals surface area contributed by atoms with Crippen LogP contribution in [0.4, 0.5) is 15.9 Å². The van der Waals surface area contributed by atoms with Gasteiger partial charge in [0.25, 0.3) is 0 Å². The first kappa shape index (κ1) is 22.4. The lowest BCUT2D eigenvalue weighted by Gasteiger charge is -2.17. The van der Waals surface area contributed by atoms with Gasteiger partial charge in [-0.05, 0) is 55.8 Å².